The van der Waals surface area contributed by atoms with Crippen LogP contribution in [0.2, 0.25) is 0 Å². The Kier molecular flexibility index (Phi) is 3.34. The van der Waals surface area contributed by atoms with E-state index in [1.165, 1.54) is 19.3 Å². The van der Waals surface area contributed by atoms with Crippen LogP contribution in [0.15, 0.2) is 0 Å². The number of hydrogen-bond donors (Lipinski definition) is 0. The Bertz CT molecular complexity index is 334. The SMILES string of the molecule is CC1(CN(CC2(C)CO2)C(=O)C2CCCCC2)CO1. The van der Waals surface area contributed by atoms with Crippen LogP contribution in [-0.2, 0) is 14.3 Å². The first-order chi connectivity index (χ1) is 9.00. The Morgan fingerprint density at radius 2 is 1.53 bits per heavy atom. The molecule has 4 heteroatoms. The van der Waals surface area contributed by atoms with Gasteiger partial charge in [0.1, 0.15) is 11.2 Å². The first-order valence-corrected chi connectivity index (χ1v) is 7.57. The molecule has 4 nitrogen and oxygen atoms in total. The van der Waals surface area contributed by atoms with Crippen molar-refractivity contribution >= 4 is 5.91 Å². The Labute approximate surface area is 115 Å². The molecule has 2 saturated heterocycles. The highest BCUT2D eigenvalue weighted by Gasteiger charge is 2.47. The predicted molar refractivity (Wildman–Crippen MR) is 71.9 cm³/mol. The zero-order valence-corrected chi connectivity index (χ0v) is 12.1. The van der Waals surface area contributed by atoms with Gasteiger partial charge in [0.15, 0.2) is 0 Å². The zero-order chi connectivity index (χ0) is 13.5. The lowest BCUT2D eigenvalue weighted by atomic mass is 9.88. The van der Waals surface area contributed by atoms with Crippen LogP contribution >= 0.6 is 0 Å². The van der Waals surface area contributed by atoms with E-state index in [2.05, 4.69) is 13.8 Å². The Morgan fingerprint density at radius 1 is 1.05 bits per heavy atom. The third-order valence-corrected chi connectivity index (χ3v) is 4.59. The van der Waals surface area contributed by atoms with Crippen molar-refractivity contribution in [1.82, 2.24) is 4.90 Å². The van der Waals surface area contributed by atoms with Crippen molar-refractivity contribution in [3.63, 3.8) is 0 Å². The minimum atomic E-state index is -0.102. The topological polar surface area (TPSA) is 45.4 Å². The van der Waals surface area contributed by atoms with Crippen LogP contribution in [0.1, 0.15) is 46.0 Å². The molecule has 0 bridgehead atoms. The van der Waals surface area contributed by atoms with Gasteiger partial charge in [-0.1, -0.05) is 19.3 Å². The molecule has 0 radical (unpaired) electrons. The highest BCUT2D eigenvalue weighted by atomic mass is 16.6. The van der Waals surface area contributed by atoms with Gasteiger partial charge in [-0.15, -0.1) is 0 Å². The molecule has 1 amide bonds. The normalized spacial score (nSPS) is 38.0. The van der Waals surface area contributed by atoms with E-state index < -0.39 is 0 Å². The van der Waals surface area contributed by atoms with Gasteiger partial charge in [0.05, 0.1) is 26.3 Å². The number of carbonyl (C=O) groups is 1. The van der Waals surface area contributed by atoms with Crippen molar-refractivity contribution in [2.75, 3.05) is 26.3 Å². The van der Waals surface area contributed by atoms with Crippen molar-refractivity contribution in [2.45, 2.75) is 57.2 Å². The van der Waals surface area contributed by atoms with Crippen molar-refractivity contribution in [1.29, 1.82) is 0 Å². The summed E-state index contributed by atoms with van der Waals surface area (Å²) in [4.78, 5) is 14.7. The number of amides is 1. The van der Waals surface area contributed by atoms with E-state index in [0.717, 1.165) is 39.1 Å². The number of nitrogens with zero attached hydrogens (tertiary/aromatic N) is 1. The summed E-state index contributed by atoms with van der Waals surface area (Å²) in [6.07, 6.45) is 5.80. The summed E-state index contributed by atoms with van der Waals surface area (Å²) >= 11 is 0. The largest absolute Gasteiger partial charge is 0.368 e. The molecule has 2 heterocycles. The molecule has 2 unspecified atom stereocenters. The molecule has 2 atom stereocenters. The molecular formula is C15H25NO3. The lowest BCUT2D eigenvalue weighted by Crippen LogP contribution is -2.46. The third kappa shape index (κ3) is 3.29. The van der Waals surface area contributed by atoms with Gasteiger partial charge in [-0.25, -0.2) is 0 Å². The van der Waals surface area contributed by atoms with Crippen molar-refractivity contribution in [2.24, 2.45) is 5.92 Å². The quantitative estimate of drug-likeness (QED) is 0.715. The highest BCUT2D eigenvalue weighted by Crippen LogP contribution is 2.34. The van der Waals surface area contributed by atoms with Crippen LogP contribution in [0.5, 0.6) is 0 Å². The average Bonchev–Trinajstić information content (AvgIpc) is 3.30. The van der Waals surface area contributed by atoms with Gasteiger partial charge in [0, 0.05) is 5.92 Å². The summed E-state index contributed by atoms with van der Waals surface area (Å²) in [6.45, 7) is 7.18. The molecule has 108 valence electrons. The molecule has 0 aromatic carbocycles. The summed E-state index contributed by atoms with van der Waals surface area (Å²) in [5.41, 5.74) is -0.203. The fraction of sp³-hybridized carbons (Fsp3) is 0.933. The summed E-state index contributed by atoms with van der Waals surface area (Å²) < 4.78 is 10.9. The molecule has 19 heavy (non-hydrogen) atoms. The molecule has 0 spiro atoms. The van der Waals surface area contributed by atoms with Crippen molar-refractivity contribution in [3.8, 4) is 0 Å². The molecule has 1 saturated carbocycles. The van der Waals surface area contributed by atoms with Crippen LogP contribution in [-0.4, -0.2) is 48.3 Å². The summed E-state index contributed by atoms with van der Waals surface area (Å²) in [7, 11) is 0. The zero-order valence-electron chi connectivity index (χ0n) is 12.1. The van der Waals surface area contributed by atoms with Gasteiger partial charge >= 0.3 is 0 Å². The van der Waals surface area contributed by atoms with Gasteiger partial charge in [-0.2, -0.15) is 0 Å². The Morgan fingerprint density at radius 3 is 1.95 bits per heavy atom. The lowest BCUT2D eigenvalue weighted by molar-refractivity contribution is -0.138. The van der Waals surface area contributed by atoms with E-state index in [9.17, 15) is 4.79 Å². The van der Waals surface area contributed by atoms with Gasteiger partial charge in [0.2, 0.25) is 5.91 Å². The van der Waals surface area contributed by atoms with Crippen molar-refractivity contribution < 1.29 is 14.3 Å². The molecule has 3 fully saturated rings. The van der Waals surface area contributed by atoms with E-state index >= 15 is 0 Å². The van der Waals surface area contributed by atoms with Crippen molar-refractivity contribution in [3.05, 3.63) is 0 Å². The van der Waals surface area contributed by atoms with Crippen LogP contribution < -0.4 is 0 Å². The first kappa shape index (κ1) is 13.4. The second-order valence-electron chi connectivity index (χ2n) is 7.01. The average molecular weight is 267 g/mol. The smallest absolute Gasteiger partial charge is 0.225 e. The summed E-state index contributed by atoms with van der Waals surface area (Å²) in [6, 6.07) is 0. The standard InChI is InChI=1S/C15H25NO3/c1-14(10-18-14)8-16(9-15(2)11-19-15)13(17)12-6-4-3-5-7-12/h12H,3-11H2,1-2H3. The maximum absolute atomic E-state index is 12.7. The second kappa shape index (κ2) is 4.74. The van der Waals surface area contributed by atoms with Gasteiger partial charge in [-0.3, -0.25) is 4.79 Å². The van der Waals surface area contributed by atoms with Crippen LogP contribution in [0.3, 0.4) is 0 Å². The molecule has 0 aromatic rings. The maximum atomic E-state index is 12.7. The van der Waals surface area contributed by atoms with Crippen LogP contribution in [0, 0.1) is 5.92 Å². The predicted octanol–water partition coefficient (Wildman–Crippen LogP) is 1.97. The summed E-state index contributed by atoms with van der Waals surface area (Å²) in [5, 5.41) is 0. The molecule has 3 rings (SSSR count). The molecular weight excluding hydrogens is 242 g/mol. The first-order valence-electron chi connectivity index (χ1n) is 7.57. The molecule has 2 aliphatic heterocycles. The fourth-order valence-corrected chi connectivity index (χ4v) is 3.06. The van der Waals surface area contributed by atoms with E-state index in [0.29, 0.717) is 5.91 Å². The molecule has 0 aromatic heterocycles. The maximum Gasteiger partial charge on any atom is 0.225 e. The number of carbonyl (C=O) groups excluding carboxylic acids is 1. The van der Waals surface area contributed by atoms with E-state index in [1.54, 1.807) is 0 Å². The van der Waals surface area contributed by atoms with Crippen LogP contribution in [0.25, 0.3) is 0 Å². The number of rotatable bonds is 5. The van der Waals surface area contributed by atoms with Crippen LogP contribution in [0.4, 0.5) is 0 Å². The van der Waals surface area contributed by atoms with E-state index in [1.807, 2.05) is 4.90 Å². The minimum Gasteiger partial charge on any atom is -0.368 e. The number of hydrogen-bond acceptors (Lipinski definition) is 3. The molecule has 1 aliphatic carbocycles. The van der Waals surface area contributed by atoms with E-state index in [-0.39, 0.29) is 17.1 Å². The number of epoxide rings is 2. The van der Waals surface area contributed by atoms with Gasteiger partial charge in [0.25, 0.3) is 0 Å². The Hall–Kier alpha value is -0.610. The minimum absolute atomic E-state index is 0.102. The van der Waals surface area contributed by atoms with Gasteiger partial charge in [-0.05, 0) is 26.7 Å². The fourth-order valence-electron chi connectivity index (χ4n) is 3.06. The van der Waals surface area contributed by atoms with E-state index in [4.69, 9.17) is 9.47 Å². The summed E-state index contributed by atoms with van der Waals surface area (Å²) in [5.74, 6) is 0.562. The lowest BCUT2D eigenvalue weighted by Gasteiger charge is -2.31. The van der Waals surface area contributed by atoms with Gasteiger partial charge < -0.3 is 14.4 Å². The molecule has 3 aliphatic rings. The Balaban J connectivity index is 1.64. The second-order valence-corrected chi connectivity index (χ2v) is 7.01. The highest BCUT2D eigenvalue weighted by molar-refractivity contribution is 5.79. The third-order valence-electron chi connectivity index (χ3n) is 4.59. The number of ether oxygens (including phenoxy) is 2. The molecule has 0 N–H and O–H groups in total. The monoisotopic (exact) mass is 267 g/mol.